The quantitative estimate of drug-likeness (QED) is 0.698. The van der Waals surface area contributed by atoms with Crippen molar-refractivity contribution in [3.63, 3.8) is 0 Å². The lowest BCUT2D eigenvalue weighted by molar-refractivity contribution is -0.186. The summed E-state index contributed by atoms with van der Waals surface area (Å²) in [6, 6.07) is 0.582. The number of hydrogen-bond acceptors (Lipinski definition) is 5. The minimum atomic E-state index is -0.289. The van der Waals surface area contributed by atoms with Gasteiger partial charge >= 0.3 is 0 Å². The predicted octanol–water partition coefficient (Wildman–Crippen LogP) is 0.349. The van der Waals surface area contributed by atoms with Gasteiger partial charge in [-0.3, -0.25) is 4.90 Å². The van der Waals surface area contributed by atoms with Crippen LogP contribution in [0.1, 0.15) is 19.8 Å². The highest BCUT2D eigenvalue weighted by molar-refractivity contribution is 4.94. The lowest BCUT2D eigenvalue weighted by atomic mass is 9.93. The Kier molecular flexibility index (Phi) is 6.01. The van der Waals surface area contributed by atoms with Gasteiger partial charge in [0.1, 0.15) is 0 Å². The summed E-state index contributed by atoms with van der Waals surface area (Å²) in [5.74, 6) is 0. The van der Waals surface area contributed by atoms with Gasteiger partial charge in [-0.2, -0.15) is 0 Å². The molecule has 0 bridgehead atoms. The summed E-state index contributed by atoms with van der Waals surface area (Å²) < 4.78 is 10.9. The van der Waals surface area contributed by atoms with Gasteiger partial charge in [0.25, 0.3) is 0 Å². The largest absolute Gasteiger partial charge is 0.354 e. The van der Waals surface area contributed by atoms with Crippen molar-refractivity contribution in [2.75, 3.05) is 47.9 Å². The molecule has 1 aliphatic rings. The lowest BCUT2D eigenvalue weighted by Crippen LogP contribution is -2.64. The Hall–Kier alpha value is -0.200. The first kappa shape index (κ1) is 15.9. The molecule has 18 heavy (non-hydrogen) atoms. The smallest absolute Gasteiger partial charge is 0.176 e. The molecule has 5 nitrogen and oxygen atoms in total. The Morgan fingerprint density at radius 1 is 1.39 bits per heavy atom. The lowest BCUT2D eigenvalue weighted by Gasteiger charge is -2.48. The fraction of sp³-hybridized carbons (Fsp3) is 1.00. The van der Waals surface area contributed by atoms with E-state index in [2.05, 4.69) is 30.8 Å². The Bertz CT molecular complexity index is 246. The van der Waals surface area contributed by atoms with E-state index in [4.69, 9.17) is 15.2 Å². The third-order valence-electron chi connectivity index (χ3n) is 4.20. The number of likely N-dealkylation sites (tertiary alicyclic amines) is 1. The number of nitrogens with two attached hydrogens (primary N) is 1. The Balaban J connectivity index is 2.80. The molecule has 0 aliphatic carbocycles. The van der Waals surface area contributed by atoms with E-state index >= 15 is 0 Å². The molecule has 2 unspecified atom stereocenters. The van der Waals surface area contributed by atoms with Gasteiger partial charge in [0.15, 0.2) is 6.29 Å². The first-order valence-corrected chi connectivity index (χ1v) is 6.66. The zero-order valence-corrected chi connectivity index (χ0v) is 12.5. The van der Waals surface area contributed by atoms with Crippen molar-refractivity contribution in [1.82, 2.24) is 9.80 Å². The van der Waals surface area contributed by atoms with E-state index in [1.807, 2.05) is 0 Å². The van der Waals surface area contributed by atoms with Crippen molar-refractivity contribution in [3.8, 4) is 0 Å². The summed E-state index contributed by atoms with van der Waals surface area (Å²) in [4.78, 5) is 4.70. The maximum atomic E-state index is 6.00. The van der Waals surface area contributed by atoms with E-state index in [-0.39, 0.29) is 11.8 Å². The maximum Gasteiger partial charge on any atom is 0.176 e. The highest BCUT2D eigenvalue weighted by Gasteiger charge is 2.41. The Morgan fingerprint density at radius 3 is 2.44 bits per heavy atom. The summed E-state index contributed by atoms with van der Waals surface area (Å²) in [5, 5.41) is 0. The first-order chi connectivity index (χ1) is 8.49. The molecule has 1 aliphatic heterocycles. The monoisotopic (exact) mass is 259 g/mol. The van der Waals surface area contributed by atoms with E-state index in [1.165, 1.54) is 12.8 Å². The van der Waals surface area contributed by atoms with Crippen LogP contribution in [-0.2, 0) is 9.47 Å². The van der Waals surface area contributed by atoms with Crippen LogP contribution in [0.3, 0.4) is 0 Å². The second-order valence-corrected chi connectivity index (χ2v) is 5.57. The van der Waals surface area contributed by atoms with Crippen LogP contribution in [0.2, 0.25) is 0 Å². The molecule has 0 spiro atoms. The molecule has 2 N–H and O–H groups in total. The molecule has 0 aromatic carbocycles. The van der Waals surface area contributed by atoms with E-state index < -0.39 is 0 Å². The molecule has 1 heterocycles. The number of rotatable bonds is 6. The third-order valence-corrected chi connectivity index (χ3v) is 4.20. The molecule has 2 atom stereocenters. The van der Waals surface area contributed by atoms with Crippen LogP contribution in [0.5, 0.6) is 0 Å². The van der Waals surface area contributed by atoms with Gasteiger partial charge in [-0.25, -0.2) is 0 Å². The predicted molar refractivity (Wildman–Crippen MR) is 73.5 cm³/mol. The zero-order chi connectivity index (χ0) is 13.8. The molecule has 0 radical (unpaired) electrons. The number of nitrogens with zero attached hydrogens (tertiary/aromatic N) is 2. The van der Waals surface area contributed by atoms with Gasteiger partial charge in [-0.05, 0) is 40.4 Å². The summed E-state index contributed by atoms with van der Waals surface area (Å²) in [6.45, 7) is 4.73. The van der Waals surface area contributed by atoms with Crippen LogP contribution in [0.25, 0.3) is 0 Å². The average molecular weight is 259 g/mol. The molecule has 0 saturated carbocycles. The minimum absolute atomic E-state index is 0.266. The fourth-order valence-electron chi connectivity index (χ4n) is 2.82. The Labute approximate surface area is 111 Å². The number of likely N-dealkylation sites (N-methyl/N-ethyl adjacent to an activating group) is 1. The molecular formula is C13H29N3O2. The van der Waals surface area contributed by atoms with Crippen LogP contribution >= 0.6 is 0 Å². The second kappa shape index (κ2) is 6.82. The SMILES string of the molecule is COC(OC)C(C)(CN)N1CCCC(N(C)C)C1. The molecule has 1 fully saturated rings. The second-order valence-electron chi connectivity index (χ2n) is 5.57. The minimum Gasteiger partial charge on any atom is -0.354 e. The van der Waals surface area contributed by atoms with E-state index in [0.29, 0.717) is 12.6 Å². The molecule has 1 rings (SSSR count). The number of methoxy groups -OCH3 is 2. The van der Waals surface area contributed by atoms with Crippen LogP contribution in [0.4, 0.5) is 0 Å². The van der Waals surface area contributed by atoms with Crippen molar-refractivity contribution in [2.24, 2.45) is 5.73 Å². The zero-order valence-electron chi connectivity index (χ0n) is 12.5. The summed E-state index contributed by atoms with van der Waals surface area (Å²) in [6.07, 6.45) is 2.15. The van der Waals surface area contributed by atoms with Crippen LogP contribution in [-0.4, -0.2) is 75.6 Å². The molecule has 1 saturated heterocycles. The van der Waals surface area contributed by atoms with Crippen LogP contribution in [0.15, 0.2) is 0 Å². The number of hydrogen-bond donors (Lipinski definition) is 1. The van der Waals surface area contributed by atoms with Crippen molar-refractivity contribution in [1.29, 1.82) is 0 Å². The van der Waals surface area contributed by atoms with Crippen molar-refractivity contribution < 1.29 is 9.47 Å². The van der Waals surface area contributed by atoms with Crippen molar-refractivity contribution in [3.05, 3.63) is 0 Å². The Morgan fingerprint density at radius 2 is 2.00 bits per heavy atom. The van der Waals surface area contributed by atoms with E-state index in [9.17, 15) is 0 Å². The highest BCUT2D eigenvalue weighted by Crippen LogP contribution is 2.26. The molecule has 0 amide bonds. The van der Waals surface area contributed by atoms with Gasteiger partial charge in [-0.1, -0.05) is 0 Å². The van der Waals surface area contributed by atoms with Gasteiger partial charge in [0, 0.05) is 33.4 Å². The molecule has 5 heteroatoms. The standard InChI is InChI=1S/C13H29N3O2/c1-13(10-14,12(17-4)18-5)16-8-6-7-11(9-16)15(2)3/h11-12H,6-10,14H2,1-5H3. The normalized spacial score (nSPS) is 25.7. The summed E-state index contributed by atoms with van der Waals surface area (Å²) in [5.41, 5.74) is 5.73. The number of piperidine rings is 1. The van der Waals surface area contributed by atoms with Crippen molar-refractivity contribution >= 4 is 0 Å². The maximum absolute atomic E-state index is 6.00. The van der Waals surface area contributed by atoms with Gasteiger partial charge < -0.3 is 20.1 Å². The van der Waals surface area contributed by atoms with Gasteiger partial charge in [-0.15, -0.1) is 0 Å². The summed E-state index contributed by atoms with van der Waals surface area (Å²) >= 11 is 0. The molecule has 0 aromatic rings. The highest BCUT2D eigenvalue weighted by atomic mass is 16.7. The fourth-order valence-corrected chi connectivity index (χ4v) is 2.82. The number of ether oxygens (including phenoxy) is 2. The average Bonchev–Trinajstić information content (AvgIpc) is 2.39. The van der Waals surface area contributed by atoms with E-state index in [1.54, 1.807) is 14.2 Å². The van der Waals surface area contributed by atoms with Crippen LogP contribution < -0.4 is 5.73 Å². The molecule has 108 valence electrons. The van der Waals surface area contributed by atoms with Gasteiger partial charge in [0.05, 0.1) is 5.54 Å². The first-order valence-electron chi connectivity index (χ1n) is 6.66. The van der Waals surface area contributed by atoms with Crippen molar-refractivity contribution in [2.45, 2.75) is 37.6 Å². The molecular weight excluding hydrogens is 230 g/mol. The van der Waals surface area contributed by atoms with E-state index in [0.717, 1.165) is 13.1 Å². The third kappa shape index (κ3) is 3.22. The summed E-state index contributed by atoms with van der Waals surface area (Å²) in [7, 11) is 7.63. The van der Waals surface area contributed by atoms with Gasteiger partial charge in [0.2, 0.25) is 0 Å². The topological polar surface area (TPSA) is 51.0 Å². The molecule has 0 aromatic heterocycles. The van der Waals surface area contributed by atoms with Crippen LogP contribution in [0, 0.1) is 0 Å².